The highest BCUT2D eigenvalue weighted by molar-refractivity contribution is 6.07. The highest BCUT2D eigenvalue weighted by Gasteiger charge is 2.30. The lowest BCUT2D eigenvalue weighted by molar-refractivity contribution is 1.03. The molecule has 0 aliphatic heterocycles. The number of anilines is 3. The summed E-state index contributed by atoms with van der Waals surface area (Å²) >= 11 is 0. The maximum absolute atomic E-state index is 5.59. The Morgan fingerprint density at radius 3 is 1.19 bits per heavy atom. The summed E-state index contributed by atoms with van der Waals surface area (Å²) in [6.45, 7) is 15.4. The second-order valence-electron chi connectivity index (χ2n) is 14.2. The maximum atomic E-state index is 5.59. The van der Waals surface area contributed by atoms with Gasteiger partial charge in [-0.15, -0.1) is 0 Å². The molecule has 0 unspecified atom stereocenters. The van der Waals surface area contributed by atoms with Gasteiger partial charge in [-0.05, 0) is 81.5 Å². The van der Waals surface area contributed by atoms with Crippen LogP contribution in [0.2, 0.25) is 0 Å². The number of rotatable bonds is 5. The highest BCUT2D eigenvalue weighted by Crippen LogP contribution is 2.45. The van der Waals surface area contributed by atoms with Crippen molar-refractivity contribution in [3.63, 3.8) is 0 Å². The highest BCUT2D eigenvalue weighted by atomic mass is 15.3. The van der Waals surface area contributed by atoms with Gasteiger partial charge in [-0.25, -0.2) is 9.97 Å². The topological polar surface area (TPSA) is 37.8 Å². The summed E-state index contributed by atoms with van der Waals surface area (Å²) in [7, 11) is 0. The molecule has 0 aliphatic carbocycles. The minimum absolute atomic E-state index is 0.880. The Hall–Kier alpha value is -6.20. The van der Waals surface area contributed by atoms with Crippen molar-refractivity contribution in [3.05, 3.63) is 161 Å². The first-order chi connectivity index (χ1) is 25.2. The molecule has 0 amide bonds. The molecule has 0 atom stereocenters. The average Bonchev–Trinajstić information content (AvgIpc) is 3.68. The van der Waals surface area contributed by atoms with Crippen molar-refractivity contribution in [1.29, 1.82) is 0 Å². The number of aryl methyl sites for hydroxylation is 7. The van der Waals surface area contributed by atoms with Gasteiger partial charge in [-0.2, -0.15) is 0 Å². The number of imidazole rings is 2. The van der Waals surface area contributed by atoms with E-state index in [0.717, 1.165) is 62.2 Å². The molecule has 4 heterocycles. The van der Waals surface area contributed by atoms with Gasteiger partial charge in [0.25, 0.3) is 0 Å². The predicted octanol–water partition coefficient (Wildman–Crippen LogP) is 12.3. The Balaban J connectivity index is 1.41. The van der Waals surface area contributed by atoms with E-state index in [4.69, 9.17) is 9.97 Å². The van der Waals surface area contributed by atoms with Crippen LogP contribution in [0.4, 0.5) is 17.3 Å². The maximum Gasteiger partial charge on any atom is 0.161 e. The quantitative estimate of drug-likeness (QED) is 0.182. The average molecular weight is 676 g/mol. The van der Waals surface area contributed by atoms with Crippen LogP contribution >= 0.6 is 0 Å². The summed E-state index contributed by atoms with van der Waals surface area (Å²) in [4.78, 5) is 13.5. The fourth-order valence-electron chi connectivity index (χ4n) is 8.77. The summed E-state index contributed by atoms with van der Waals surface area (Å²) in [5, 5.41) is 4.65. The Kier molecular flexibility index (Phi) is 7.30. The molecule has 5 aromatic carbocycles. The van der Waals surface area contributed by atoms with Crippen molar-refractivity contribution in [3.8, 4) is 22.3 Å². The second kappa shape index (κ2) is 12.0. The molecule has 5 nitrogen and oxygen atoms in total. The van der Waals surface area contributed by atoms with Gasteiger partial charge in [-0.1, -0.05) is 127 Å². The van der Waals surface area contributed by atoms with Crippen LogP contribution in [0, 0.1) is 48.5 Å². The Morgan fingerprint density at radius 2 is 0.788 bits per heavy atom. The van der Waals surface area contributed by atoms with E-state index >= 15 is 0 Å². The van der Waals surface area contributed by atoms with Crippen molar-refractivity contribution >= 4 is 50.2 Å². The van der Waals surface area contributed by atoms with Gasteiger partial charge in [0, 0.05) is 33.3 Å². The van der Waals surface area contributed by atoms with Crippen molar-refractivity contribution in [2.24, 2.45) is 0 Å². The zero-order valence-electron chi connectivity index (χ0n) is 30.8. The van der Waals surface area contributed by atoms with Crippen LogP contribution in [0.15, 0.2) is 121 Å². The first-order valence-electron chi connectivity index (χ1n) is 18.0. The summed E-state index contributed by atoms with van der Waals surface area (Å²) in [6, 6.07) is 43.3. The third kappa shape index (κ3) is 4.62. The fourth-order valence-corrected chi connectivity index (χ4v) is 8.77. The number of nitrogens with zero attached hydrogens (tertiary/aromatic N) is 5. The summed E-state index contributed by atoms with van der Waals surface area (Å²) < 4.78 is 4.70. The Morgan fingerprint density at radius 1 is 0.423 bits per heavy atom. The summed E-state index contributed by atoms with van der Waals surface area (Å²) in [5.41, 5.74) is 15.9. The van der Waals surface area contributed by atoms with Gasteiger partial charge < -0.3 is 0 Å². The number of fused-ring (bicyclic) bond motifs is 6. The SMILES string of the molecule is Cc1cc(C)c(N(c2nc3c4ccccc4c(-c4ccccc4)c(C)n3c2C)c2nc3c4ccccc4c(-c4ccccc4)c(C)n3c2C)c(C)c1. The lowest BCUT2D eigenvalue weighted by Gasteiger charge is -2.26. The smallest absolute Gasteiger partial charge is 0.161 e. The normalized spacial score (nSPS) is 11.8. The van der Waals surface area contributed by atoms with E-state index in [0.29, 0.717) is 0 Å². The van der Waals surface area contributed by atoms with Gasteiger partial charge in [0.05, 0.1) is 17.1 Å². The molecule has 0 radical (unpaired) electrons. The number of aromatic nitrogens is 4. The van der Waals surface area contributed by atoms with E-state index in [2.05, 4.69) is 183 Å². The standard InChI is InChI=1S/C47H41N5/c1-28-26-29(2)43(30(3)27-28)52(44-33(6)50-31(4)41(35-18-10-8-11-19-35)37-22-14-16-24-39(37)46(50)48-44)45-34(7)51-32(5)42(36-20-12-9-13-21-36)38-23-15-17-25-40(38)47(51)49-45/h8-27H,1-7H3. The molecule has 5 heteroatoms. The zero-order valence-corrected chi connectivity index (χ0v) is 30.8. The van der Waals surface area contributed by atoms with E-state index in [1.807, 2.05) is 0 Å². The van der Waals surface area contributed by atoms with Crippen LogP contribution in [0.25, 0.3) is 55.1 Å². The molecule has 254 valence electrons. The van der Waals surface area contributed by atoms with E-state index in [1.165, 1.54) is 49.7 Å². The first-order valence-corrected chi connectivity index (χ1v) is 18.0. The van der Waals surface area contributed by atoms with Gasteiger partial charge in [0.2, 0.25) is 0 Å². The molecule has 0 spiro atoms. The van der Waals surface area contributed by atoms with Gasteiger partial charge >= 0.3 is 0 Å². The minimum Gasteiger partial charge on any atom is -0.298 e. The molecule has 0 bridgehead atoms. The molecule has 9 rings (SSSR count). The van der Waals surface area contributed by atoms with E-state index in [-0.39, 0.29) is 0 Å². The monoisotopic (exact) mass is 675 g/mol. The molecule has 0 saturated heterocycles. The van der Waals surface area contributed by atoms with Gasteiger partial charge in [0.1, 0.15) is 11.3 Å². The van der Waals surface area contributed by atoms with Crippen LogP contribution in [0.3, 0.4) is 0 Å². The van der Waals surface area contributed by atoms with Crippen LogP contribution in [-0.4, -0.2) is 18.8 Å². The van der Waals surface area contributed by atoms with E-state index in [9.17, 15) is 0 Å². The number of hydrogen-bond acceptors (Lipinski definition) is 3. The van der Waals surface area contributed by atoms with Crippen molar-refractivity contribution in [2.75, 3.05) is 4.90 Å². The fraction of sp³-hybridized carbons (Fsp3) is 0.149. The largest absolute Gasteiger partial charge is 0.298 e. The molecular formula is C47H41N5. The summed E-state index contributed by atoms with van der Waals surface area (Å²) in [5.74, 6) is 1.76. The summed E-state index contributed by atoms with van der Waals surface area (Å²) in [6.07, 6.45) is 0. The van der Waals surface area contributed by atoms with E-state index < -0.39 is 0 Å². The third-order valence-corrected chi connectivity index (χ3v) is 10.8. The Bertz CT molecular complexity index is 2670. The molecule has 9 aromatic rings. The lowest BCUT2D eigenvalue weighted by Crippen LogP contribution is -2.16. The number of hydrogen-bond donors (Lipinski definition) is 0. The Labute approximate surface area is 304 Å². The lowest BCUT2D eigenvalue weighted by atomic mass is 9.97. The van der Waals surface area contributed by atoms with E-state index in [1.54, 1.807) is 0 Å². The predicted molar refractivity (Wildman–Crippen MR) is 218 cm³/mol. The molecule has 0 N–H and O–H groups in total. The molecule has 4 aromatic heterocycles. The number of pyridine rings is 2. The van der Waals surface area contributed by atoms with Crippen molar-refractivity contribution in [1.82, 2.24) is 18.8 Å². The van der Waals surface area contributed by atoms with Crippen molar-refractivity contribution < 1.29 is 0 Å². The van der Waals surface area contributed by atoms with Gasteiger partial charge in [-0.3, -0.25) is 13.7 Å². The molecule has 52 heavy (non-hydrogen) atoms. The number of benzene rings is 5. The first kappa shape index (κ1) is 31.8. The minimum atomic E-state index is 0.880. The molecule has 0 saturated carbocycles. The van der Waals surface area contributed by atoms with Crippen LogP contribution in [0.1, 0.15) is 39.5 Å². The van der Waals surface area contributed by atoms with Gasteiger partial charge in [0.15, 0.2) is 11.6 Å². The second-order valence-corrected chi connectivity index (χ2v) is 14.2. The van der Waals surface area contributed by atoms with Crippen LogP contribution in [-0.2, 0) is 0 Å². The van der Waals surface area contributed by atoms with Crippen LogP contribution in [0.5, 0.6) is 0 Å². The molecular weight excluding hydrogens is 635 g/mol. The third-order valence-electron chi connectivity index (χ3n) is 10.8. The zero-order chi connectivity index (χ0) is 35.8. The van der Waals surface area contributed by atoms with Crippen LogP contribution < -0.4 is 4.90 Å². The molecule has 0 aliphatic rings. The van der Waals surface area contributed by atoms with Crippen molar-refractivity contribution in [2.45, 2.75) is 48.5 Å². The molecule has 0 fully saturated rings.